The Labute approximate surface area is 128 Å². The Morgan fingerprint density at radius 2 is 1.59 bits per heavy atom. The van der Waals surface area contributed by atoms with Crippen molar-refractivity contribution in [2.45, 2.75) is 46.5 Å². The quantitative estimate of drug-likeness (QED) is 0.756. The van der Waals surface area contributed by atoms with Gasteiger partial charge < -0.3 is 5.11 Å². The first-order valence-corrected chi connectivity index (χ1v) is 6.36. The molecule has 1 rings (SSSR count). The van der Waals surface area contributed by atoms with Gasteiger partial charge in [0.25, 0.3) is 0 Å². The summed E-state index contributed by atoms with van der Waals surface area (Å²) in [5.41, 5.74) is 1.33. The molecule has 0 aromatic heterocycles. The molecule has 1 aromatic carbocycles. The van der Waals surface area contributed by atoms with Crippen molar-refractivity contribution in [2.24, 2.45) is 11.8 Å². The number of phenols is 1. The molecule has 92 valence electrons. The van der Waals surface area contributed by atoms with Gasteiger partial charge in [0.2, 0.25) is 0 Å². The van der Waals surface area contributed by atoms with Crippen molar-refractivity contribution in [1.82, 2.24) is 0 Å². The third-order valence-electron chi connectivity index (χ3n) is 3.00. The molecule has 0 amide bonds. The Morgan fingerprint density at radius 1 is 1.00 bits per heavy atom. The fourth-order valence-electron chi connectivity index (χ4n) is 2.01. The van der Waals surface area contributed by atoms with E-state index in [0.717, 1.165) is 18.3 Å². The molecule has 1 unspecified atom stereocenters. The third-order valence-corrected chi connectivity index (χ3v) is 3.00. The van der Waals surface area contributed by atoms with Crippen LogP contribution in [0.2, 0.25) is 0 Å². The van der Waals surface area contributed by atoms with Gasteiger partial charge in [-0.15, -0.1) is 0 Å². The minimum atomic E-state index is 0. The van der Waals surface area contributed by atoms with E-state index in [4.69, 9.17) is 0 Å². The van der Waals surface area contributed by atoms with Crippen LogP contribution in [0.4, 0.5) is 0 Å². The van der Waals surface area contributed by atoms with Gasteiger partial charge in [-0.3, -0.25) is 0 Å². The summed E-state index contributed by atoms with van der Waals surface area (Å²) in [6.07, 6.45) is 5.09. The molecule has 0 bridgehead atoms. The van der Waals surface area contributed by atoms with Crippen molar-refractivity contribution in [3.05, 3.63) is 29.8 Å². The third kappa shape index (κ3) is 7.86. The average molecular weight is 244 g/mol. The van der Waals surface area contributed by atoms with Crippen LogP contribution in [0.25, 0.3) is 0 Å². The summed E-state index contributed by atoms with van der Waals surface area (Å²) in [4.78, 5) is 0. The molecule has 0 aliphatic heterocycles. The van der Waals surface area contributed by atoms with E-state index in [1.807, 2.05) is 12.1 Å². The van der Waals surface area contributed by atoms with Gasteiger partial charge in [0.15, 0.2) is 0 Å². The molecule has 1 N–H and O–H groups in total. The zero-order valence-electron chi connectivity index (χ0n) is 10.7. The Hall–Kier alpha value is 0.0200. The van der Waals surface area contributed by atoms with Crippen molar-refractivity contribution in [1.29, 1.82) is 0 Å². The van der Waals surface area contributed by atoms with E-state index in [1.165, 1.54) is 24.8 Å². The van der Waals surface area contributed by atoms with Crippen LogP contribution < -0.4 is 0 Å². The van der Waals surface area contributed by atoms with Crippen molar-refractivity contribution in [2.75, 3.05) is 0 Å². The molecule has 0 radical (unpaired) electrons. The Kier molecular flexibility index (Phi) is 9.03. The van der Waals surface area contributed by atoms with Crippen LogP contribution in [0, 0.1) is 11.8 Å². The first-order chi connectivity index (χ1) is 7.58. The Bertz CT molecular complexity index is 292. The number of rotatable bonds is 6. The molecule has 0 aliphatic carbocycles. The van der Waals surface area contributed by atoms with Gasteiger partial charge in [-0.25, -0.2) is 0 Å². The normalized spacial score (nSPS) is 12.2. The van der Waals surface area contributed by atoms with Crippen LogP contribution in [-0.2, 0) is 6.42 Å². The van der Waals surface area contributed by atoms with E-state index in [-0.39, 0.29) is 29.6 Å². The van der Waals surface area contributed by atoms with E-state index in [0.29, 0.717) is 5.75 Å². The molecule has 0 spiro atoms. The summed E-state index contributed by atoms with van der Waals surface area (Å²) in [7, 11) is 0. The number of hydrogen-bond donors (Lipinski definition) is 1. The van der Waals surface area contributed by atoms with Crippen LogP contribution in [0.1, 0.15) is 45.6 Å². The average Bonchev–Trinajstić information content (AvgIpc) is 2.21. The SMILES string of the molecule is CC(C)CCCC(C)Cc1ccc(O)cc1.[NaH]. The van der Waals surface area contributed by atoms with E-state index < -0.39 is 0 Å². The summed E-state index contributed by atoms with van der Waals surface area (Å²) in [6.45, 7) is 6.88. The van der Waals surface area contributed by atoms with Crippen LogP contribution in [0.3, 0.4) is 0 Å². The van der Waals surface area contributed by atoms with Crippen molar-refractivity contribution >= 4 is 29.6 Å². The maximum absolute atomic E-state index is 9.19. The molecule has 0 fully saturated rings. The standard InChI is InChI=1S/C15H24O.Na.H/c1-12(2)5-4-6-13(3)11-14-7-9-15(16)10-8-14;;/h7-10,12-13,16H,4-6,11H2,1-3H3;;. The molecule has 0 saturated carbocycles. The van der Waals surface area contributed by atoms with Crippen molar-refractivity contribution < 1.29 is 5.11 Å². The minimum absolute atomic E-state index is 0. The summed E-state index contributed by atoms with van der Waals surface area (Å²) >= 11 is 0. The second-order valence-corrected chi connectivity index (χ2v) is 5.30. The van der Waals surface area contributed by atoms with Crippen LogP contribution in [0.15, 0.2) is 24.3 Å². The van der Waals surface area contributed by atoms with Crippen LogP contribution in [0.5, 0.6) is 5.75 Å². The van der Waals surface area contributed by atoms with E-state index in [1.54, 1.807) is 12.1 Å². The summed E-state index contributed by atoms with van der Waals surface area (Å²) in [6, 6.07) is 7.59. The predicted molar refractivity (Wildman–Crippen MR) is 76.8 cm³/mol. The molecule has 1 nitrogen and oxygen atoms in total. The van der Waals surface area contributed by atoms with Crippen LogP contribution >= 0.6 is 0 Å². The predicted octanol–water partition coefficient (Wildman–Crippen LogP) is 3.75. The number of aromatic hydroxyl groups is 1. The summed E-state index contributed by atoms with van der Waals surface area (Å²) in [5, 5.41) is 9.19. The van der Waals surface area contributed by atoms with Crippen molar-refractivity contribution in [3.63, 3.8) is 0 Å². The second kappa shape index (κ2) is 9.02. The van der Waals surface area contributed by atoms with Gasteiger partial charge in [-0.05, 0) is 36.0 Å². The molecular formula is C15H25NaO. The molecule has 1 aromatic rings. The first kappa shape index (κ1) is 17.0. The maximum atomic E-state index is 9.19. The van der Waals surface area contributed by atoms with Crippen molar-refractivity contribution in [3.8, 4) is 5.75 Å². The summed E-state index contributed by atoms with van der Waals surface area (Å²) < 4.78 is 0. The van der Waals surface area contributed by atoms with Gasteiger partial charge in [0.05, 0.1) is 0 Å². The molecule has 0 saturated heterocycles. The molecule has 1 atom stereocenters. The fraction of sp³-hybridized carbons (Fsp3) is 0.600. The number of phenolic OH excluding ortho intramolecular Hbond substituents is 1. The number of hydrogen-bond acceptors (Lipinski definition) is 1. The van der Waals surface area contributed by atoms with E-state index in [2.05, 4.69) is 20.8 Å². The van der Waals surface area contributed by atoms with Gasteiger partial charge in [-0.1, -0.05) is 52.2 Å². The Balaban J connectivity index is 0.00000256. The molecule has 2 heteroatoms. The van der Waals surface area contributed by atoms with Gasteiger partial charge in [0, 0.05) is 0 Å². The molecular weight excluding hydrogens is 219 g/mol. The van der Waals surface area contributed by atoms with E-state index >= 15 is 0 Å². The van der Waals surface area contributed by atoms with Gasteiger partial charge in [-0.2, -0.15) is 0 Å². The van der Waals surface area contributed by atoms with Gasteiger partial charge in [0.1, 0.15) is 5.75 Å². The van der Waals surface area contributed by atoms with Crippen LogP contribution in [-0.4, -0.2) is 34.7 Å². The van der Waals surface area contributed by atoms with E-state index in [9.17, 15) is 5.11 Å². The molecule has 17 heavy (non-hydrogen) atoms. The monoisotopic (exact) mass is 244 g/mol. The summed E-state index contributed by atoms with van der Waals surface area (Å²) in [5.74, 6) is 1.92. The molecule has 0 aliphatic rings. The fourth-order valence-corrected chi connectivity index (χ4v) is 2.01. The zero-order valence-corrected chi connectivity index (χ0v) is 10.7. The van der Waals surface area contributed by atoms with Gasteiger partial charge >= 0.3 is 29.6 Å². The topological polar surface area (TPSA) is 20.2 Å². The second-order valence-electron chi connectivity index (χ2n) is 5.30. The Morgan fingerprint density at radius 3 is 2.12 bits per heavy atom. The first-order valence-electron chi connectivity index (χ1n) is 6.36. The zero-order chi connectivity index (χ0) is 12.0. The molecule has 0 heterocycles. The number of benzene rings is 1.